The predicted molar refractivity (Wildman–Crippen MR) is 162 cm³/mol. The Balaban J connectivity index is 1.34. The summed E-state index contributed by atoms with van der Waals surface area (Å²) in [4.78, 5) is 31.2. The Morgan fingerprint density at radius 3 is 2.40 bits per heavy atom. The molecule has 1 saturated heterocycles. The van der Waals surface area contributed by atoms with Crippen molar-refractivity contribution in [3.05, 3.63) is 63.1 Å². The first-order valence-corrected chi connectivity index (χ1v) is 16.1. The van der Waals surface area contributed by atoms with Crippen LogP contribution in [0.3, 0.4) is 0 Å². The fourth-order valence-corrected chi connectivity index (χ4v) is 6.99. The number of nitrogens with one attached hydrogen (secondary N) is 2. The van der Waals surface area contributed by atoms with Crippen LogP contribution in [0.1, 0.15) is 46.9 Å². The molecule has 3 aliphatic heterocycles. The van der Waals surface area contributed by atoms with E-state index in [-0.39, 0.29) is 59.7 Å². The minimum absolute atomic E-state index is 0.0683. The lowest BCUT2D eigenvalue weighted by molar-refractivity contribution is -0.286. The molecule has 3 aliphatic rings. The Morgan fingerprint density at radius 2 is 1.72 bits per heavy atom. The van der Waals surface area contributed by atoms with E-state index >= 15 is 0 Å². The number of carbonyl (C=O) groups excluding carboxylic acids is 1. The number of fused-ring (bicyclic) bond motifs is 2. The monoisotopic (exact) mass is 681 g/mol. The Kier molecular flexibility index (Phi) is 8.35. The zero-order valence-corrected chi connectivity index (χ0v) is 26.7. The quantitative estimate of drug-likeness (QED) is 0.219. The van der Waals surface area contributed by atoms with Crippen LogP contribution in [0.25, 0.3) is 11.1 Å². The lowest BCUT2D eigenvalue weighted by Gasteiger charge is -2.39. The number of rotatable bonds is 7. The molecular weight excluding hydrogens is 649 g/mol. The average Bonchev–Trinajstić information content (AvgIpc) is 3.51. The highest BCUT2D eigenvalue weighted by molar-refractivity contribution is 7.98. The van der Waals surface area contributed by atoms with Gasteiger partial charge in [0.15, 0.2) is 23.0 Å². The molecule has 0 radical (unpaired) electrons. The number of aromatic amines is 1. The van der Waals surface area contributed by atoms with Gasteiger partial charge >= 0.3 is 12.5 Å². The van der Waals surface area contributed by atoms with Gasteiger partial charge in [-0.3, -0.25) is 14.5 Å². The zero-order valence-electron chi connectivity index (χ0n) is 25.9. The number of pyridine rings is 1. The minimum atomic E-state index is -4.31. The standard InChI is InChI=1S/C32H32F5N3O6S/c1-16-11-25(47-4)22(29(42)39-16)14-38-28(41)20-13-21(18-5-6-23-24(12-18)44-32(36,37)43-23)27-26(17(20)2)45-30(3,46-27)19-7-9-40(10-8-19)15-31(33,34)35/h5-6,11-13,19H,7-10,14-15H2,1-4H3,(H,38,41)(H,39,42). The number of ether oxygens (including phenoxy) is 4. The number of amides is 1. The third-order valence-electron chi connectivity index (χ3n) is 8.66. The number of piperidine rings is 1. The van der Waals surface area contributed by atoms with Crippen molar-refractivity contribution in [2.24, 2.45) is 5.92 Å². The van der Waals surface area contributed by atoms with Crippen molar-refractivity contribution in [1.29, 1.82) is 0 Å². The molecule has 1 fully saturated rings. The van der Waals surface area contributed by atoms with E-state index in [0.29, 0.717) is 45.7 Å². The van der Waals surface area contributed by atoms with Gasteiger partial charge in [-0.05, 0) is 75.9 Å². The molecule has 0 bridgehead atoms. The van der Waals surface area contributed by atoms with E-state index in [2.05, 4.69) is 19.8 Å². The zero-order chi connectivity index (χ0) is 33.9. The first-order valence-electron chi connectivity index (χ1n) is 14.9. The topological polar surface area (TPSA) is 102 Å². The summed E-state index contributed by atoms with van der Waals surface area (Å²) in [6, 6.07) is 7.54. The minimum Gasteiger partial charge on any atom is -0.448 e. The van der Waals surface area contributed by atoms with E-state index in [9.17, 15) is 31.5 Å². The van der Waals surface area contributed by atoms with E-state index in [1.165, 1.54) is 34.9 Å². The number of aromatic nitrogens is 1. The van der Waals surface area contributed by atoms with Crippen LogP contribution in [0, 0.1) is 19.8 Å². The lowest BCUT2D eigenvalue weighted by atomic mass is 9.89. The molecule has 0 spiro atoms. The molecule has 3 aromatic rings. The van der Waals surface area contributed by atoms with E-state index < -0.39 is 30.7 Å². The van der Waals surface area contributed by atoms with Crippen molar-refractivity contribution in [1.82, 2.24) is 15.2 Å². The summed E-state index contributed by atoms with van der Waals surface area (Å²) in [6.07, 6.45) is -5.60. The fraction of sp³-hybridized carbons (Fsp3) is 0.438. The van der Waals surface area contributed by atoms with Crippen molar-refractivity contribution in [2.75, 3.05) is 25.9 Å². The van der Waals surface area contributed by atoms with E-state index in [4.69, 9.17) is 9.47 Å². The first kappa shape index (κ1) is 32.9. The van der Waals surface area contributed by atoms with Gasteiger partial charge in [-0.25, -0.2) is 0 Å². The van der Waals surface area contributed by atoms with Crippen LogP contribution >= 0.6 is 11.8 Å². The number of thioether (sulfide) groups is 1. The largest absolute Gasteiger partial charge is 0.586 e. The summed E-state index contributed by atoms with van der Waals surface area (Å²) < 4.78 is 88.7. The van der Waals surface area contributed by atoms with Gasteiger partial charge in [-0.1, -0.05) is 6.07 Å². The van der Waals surface area contributed by atoms with Crippen molar-refractivity contribution in [3.8, 4) is 34.1 Å². The lowest BCUT2D eigenvalue weighted by Crippen LogP contribution is -2.49. The van der Waals surface area contributed by atoms with Crippen LogP contribution < -0.4 is 29.8 Å². The Labute approximate surface area is 270 Å². The molecule has 1 atom stereocenters. The smallest absolute Gasteiger partial charge is 0.448 e. The highest BCUT2D eigenvalue weighted by atomic mass is 32.2. The average molecular weight is 682 g/mol. The molecule has 0 saturated carbocycles. The Morgan fingerprint density at radius 1 is 1.04 bits per heavy atom. The summed E-state index contributed by atoms with van der Waals surface area (Å²) in [7, 11) is 0. The number of benzene rings is 2. The van der Waals surface area contributed by atoms with Crippen molar-refractivity contribution < 1.29 is 45.7 Å². The van der Waals surface area contributed by atoms with Crippen LogP contribution in [-0.4, -0.2) is 59.9 Å². The van der Waals surface area contributed by atoms with E-state index in [1.54, 1.807) is 26.8 Å². The van der Waals surface area contributed by atoms with Crippen LogP contribution in [0.4, 0.5) is 22.0 Å². The van der Waals surface area contributed by atoms with Gasteiger partial charge in [0.25, 0.3) is 17.3 Å². The van der Waals surface area contributed by atoms with Crippen molar-refractivity contribution >= 4 is 17.7 Å². The molecule has 1 amide bonds. The van der Waals surface area contributed by atoms with Gasteiger partial charge in [0.05, 0.1) is 6.54 Å². The summed E-state index contributed by atoms with van der Waals surface area (Å²) in [5, 5.41) is 2.81. The van der Waals surface area contributed by atoms with Crippen LogP contribution in [0.2, 0.25) is 0 Å². The van der Waals surface area contributed by atoms with Crippen LogP contribution in [0.15, 0.2) is 40.0 Å². The number of aryl methyl sites for hydroxylation is 1. The number of hydrogen-bond acceptors (Lipinski definition) is 8. The maximum Gasteiger partial charge on any atom is 0.586 e. The molecule has 9 nitrogen and oxygen atoms in total. The maximum atomic E-state index is 13.8. The molecule has 6 rings (SSSR count). The number of alkyl halides is 5. The first-order chi connectivity index (χ1) is 22.1. The Bertz CT molecular complexity index is 1790. The summed E-state index contributed by atoms with van der Waals surface area (Å²) in [6.45, 7) is 4.44. The van der Waals surface area contributed by atoms with Crippen LogP contribution in [-0.2, 0) is 6.54 Å². The third-order valence-corrected chi connectivity index (χ3v) is 9.46. The summed E-state index contributed by atoms with van der Waals surface area (Å²) in [5.41, 5.74) is 2.05. The number of hydrogen-bond donors (Lipinski definition) is 2. The molecular formula is C32H32F5N3O6S. The van der Waals surface area contributed by atoms with Gasteiger partial charge in [0, 0.05) is 52.2 Å². The predicted octanol–water partition coefficient (Wildman–Crippen LogP) is 6.39. The molecule has 2 aromatic carbocycles. The van der Waals surface area contributed by atoms with Gasteiger partial charge in [-0.2, -0.15) is 13.2 Å². The molecule has 0 aliphatic carbocycles. The van der Waals surface area contributed by atoms with E-state index in [1.807, 2.05) is 12.3 Å². The van der Waals surface area contributed by atoms with Crippen molar-refractivity contribution in [3.63, 3.8) is 0 Å². The Hall–Kier alpha value is -3.98. The van der Waals surface area contributed by atoms with Crippen molar-refractivity contribution in [2.45, 2.75) is 63.3 Å². The number of carbonyl (C=O) groups is 1. The SMILES string of the molecule is CSc1cc(C)[nH]c(=O)c1CNC(=O)c1cc(-c2ccc3c(c2)OC(F)(F)O3)c2c(c1C)OC(C)(C1CCN(CC(F)(F)F)CC1)O2. The highest BCUT2D eigenvalue weighted by Gasteiger charge is 2.48. The molecule has 1 unspecified atom stereocenters. The molecule has 15 heteroatoms. The summed E-state index contributed by atoms with van der Waals surface area (Å²) >= 11 is 1.37. The van der Waals surface area contributed by atoms with Crippen LogP contribution in [0.5, 0.6) is 23.0 Å². The normalized spacial score (nSPS) is 20.4. The molecule has 252 valence electrons. The second kappa shape index (κ2) is 11.9. The van der Waals surface area contributed by atoms with Gasteiger partial charge in [0.1, 0.15) is 0 Å². The maximum absolute atomic E-state index is 13.8. The van der Waals surface area contributed by atoms with Gasteiger partial charge in [-0.15, -0.1) is 20.5 Å². The molecule has 1 aromatic heterocycles. The van der Waals surface area contributed by atoms with E-state index in [0.717, 1.165) is 0 Å². The summed E-state index contributed by atoms with van der Waals surface area (Å²) in [5.74, 6) is -1.98. The number of halogens is 5. The highest BCUT2D eigenvalue weighted by Crippen LogP contribution is 2.53. The second-order valence-corrected chi connectivity index (χ2v) is 12.8. The fourth-order valence-electron chi connectivity index (χ4n) is 6.29. The molecule has 2 N–H and O–H groups in total. The molecule has 47 heavy (non-hydrogen) atoms. The van der Waals surface area contributed by atoms with Gasteiger partial charge < -0.3 is 29.2 Å². The third kappa shape index (κ3) is 6.59. The van der Waals surface area contributed by atoms with Gasteiger partial charge in [0.2, 0.25) is 0 Å². The molecule has 4 heterocycles. The number of likely N-dealkylation sites (tertiary alicyclic amines) is 1. The number of nitrogens with zero attached hydrogens (tertiary/aromatic N) is 1. The number of H-pyrrole nitrogens is 1. The second-order valence-electron chi connectivity index (χ2n) is 12.0.